The lowest BCUT2D eigenvalue weighted by Crippen LogP contribution is -2.09. The predicted molar refractivity (Wildman–Crippen MR) is 123 cm³/mol. The fourth-order valence-corrected chi connectivity index (χ4v) is 5.79. The number of aromatic amines is 1. The second-order valence-electron chi connectivity index (χ2n) is 6.74. The van der Waals surface area contributed by atoms with E-state index in [-0.39, 0.29) is 10.9 Å². The highest BCUT2D eigenvalue weighted by molar-refractivity contribution is 9.10. The Balaban J connectivity index is 1.69. The van der Waals surface area contributed by atoms with Gasteiger partial charge in [-0.2, -0.15) is 4.98 Å². The van der Waals surface area contributed by atoms with E-state index in [2.05, 4.69) is 43.0 Å². The Morgan fingerprint density at radius 3 is 2.27 bits per heavy atom. The van der Waals surface area contributed by atoms with Gasteiger partial charge >= 0.3 is 5.16 Å². The van der Waals surface area contributed by atoms with Gasteiger partial charge in [-0.3, -0.25) is 9.97 Å². The average Bonchev–Trinajstić information content (AvgIpc) is 3.23. The number of hydrogen-bond donors (Lipinski definition) is 1. The molecule has 0 aliphatic rings. The monoisotopic (exact) mass is 500 g/mol. The highest BCUT2D eigenvalue weighted by Gasteiger charge is 2.30. The molecule has 0 fully saturated rings. The lowest BCUT2D eigenvalue weighted by Gasteiger charge is -2.07. The van der Waals surface area contributed by atoms with Crippen molar-refractivity contribution < 1.29 is 8.42 Å². The quantitative estimate of drug-likeness (QED) is 0.383. The Bertz CT molecular complexity index is 1240. The van der Waals surface area contributed by atoms with E-state index in [1.165, 1.54) is 6.26 Å². The smallest absolute Gasteiger partial charge is 0.297 e. The maximum atomic E-state index is 11.8. The molecule has 1 atom stereocenters. The van der Waals surface area contributed by atoms with Crippen LogP contribution in [0.3, 0.4) is 0 Å². The molecule has 2 aromatic heterocycles. The van der Waals surface area contributed by atoms with Crippen molar-refractivity contribution in [3.8, 4) is 11.3 Å². The first-order chi connectivity index (χ1) is 14.4. The lowest BCUT2D eigenvalue weighted by atomic mass is 10.2. The standard InChI is InChI=1S/C22H19BrN3O2S2/c1-30(27,28)20-8-2-16(3-9-20)15-29(19-6-4-18(23)5-7-19)22-25-14-21(26-22)17-10-12-24-13-11-17/h2-14H,15H2,1H3,(H,25,26)/q+1. The van der Waals surface area contributed by atoms with Crippen molar-refractivity contribution in [1.82, 2.24) is 15.0 Å². The van der Waals surface area contributed by atoms with Crippen LogP contribution in [-0.2, 0) is 26.5 Å². The maximum Gasteiger partial charge on any atom is 0.329 e. The van der Waals surface area contributed by atoms with Gasteiger partial charge in [-0.05, 0) is 48.5 Å². The number of pyridine rings is 1. The fourth-order valence-electron chi connectivity index (χ4n) is 2.97. The number of imidazole rings is 1. The molecule has 4 rings (SSSR count). The van der Waals surface area contributed by atoms with Crippen molar-refractivity contribution in [3.05, 3.63) is 89.3 Å². The molecule has 1 N–H and O–H groups in total. The van der Waals surface area contributed by atoms with Crippen LogP contribution in [0.25, 0.3) is 11.3 Å². The summed E-state index contributed by atoms with van der Waals surface area (Å²) in [5.41, 5.74) is 3.02. The van der Waals surface area contributed by atoms with Gasteiger partial charge in [0.05, 0.1) is 16.8 Å². The fraction of sp³-hybridized carbons (Fsp3) is 0.0909. The molecule has 152 valence electrons. The maximum absolute atomic E-state index is 11.8. The molecular weight excluding hydrogens is 482 g/mol. The number of aromatic nitrogens is 3. The van der Waals surface area contributed by atoms with E-state index < -0.39 is 9.84 Å². The number of benzene rings is 2. The van der Waals surface area contributed by atoms with Crippen LogP contribution in [0.5, 0.6) is 0 Å². The zero-order valence-electron chi connectivity index (χ0n) is 16.1. The topological polar surface area (TPSA) is 75.7 Å². The SMILES string of the molecule is CS(=O)(=O)c1ccc(C[S+](c2ccc(Br)cc2)c2ncc(-c3ccncc3)[nH]2)cc1. The number of nitrogens with one attached hydrogen (secondary N) is 1. The van der Waals surface area contributed by atoms with Crippen molar-refractivity contribution in [2.45, 2.75) is 20.7 Å². The summed E-state index contributed by atoms with van der Waals surface area (Å²) in [7, 11) is -3.55. The van der Waals surface area contributed by atoms with Crippen LogP contribution in [-0.4, -0.2) is 29.6 Å². The van der Waals surface area contributed by atoms with Crippen molar-refractivity contribution in [1.29, 1.82) is 0 Å². The summed E-state index contributed by atoms with van der Waals surface area (Å²) in [5.74, 6) is 0.717. The van der Waals surface area contributed by atoms with Crippen LogP contribution in [0.4, 0.5) is 0 Å². The third-order valence-electron chi connectivity index (χ3n) is 4.54. The van der Waals surface area contributed by atoms with Crippen LogP contribution in [0, 0.1) is 0 Å². The molecule has 8 heteroatoms. The van der Waals surface area contributed by atoms with Crippen molar-refractivity contribution in [3.63, 3.8) is 0 Å². The van der Waals surface area contributed by atoms with Gasteiger partial charge in [0.2, 0.25) is 0 Å². The van der Waals surface area contributed by atoms with E-state index in [1.54, 1.807) is 24.5 Å². The third-order valence-corrected chi connectivity index (χ3v) is 8.33. The molecule has 1 unspecified atom stereocenters. The summed E-state index contributed by atoms with van der Waals surface area (Å²) in [5, 5.41) is 0.885. The molecule has 0 saturated heterocycles. The van der Waals surface area contributed by atoms with Gasteiger partial charge in [-0.15, -0.1) is 0 Å². The number of H-pyrrole nitrogens is 1. The number of rotatable bonds is 6. The Morgan fingerprint density at radius 1 is 0.967 bits per heavy atom. The summed E-state index contributed by atoms with van der Waals surface area (Å²) >= 11 is 3.50. The molecule has 4 aromatic rings. The van der Waals surface area contributed by atoms with Crippen LogP contribution in [0.15, 0.2) is 98.7 Å². The number of sulfone groups is 1. The average molecular weight is 501 g/mol. The van der Waals surface area contributed by atoms with Gasteiger partial charge in [0.1, 0.15) is 16.6 Å². The highest BCUT2D eigenvalue weighted by atomic mass is 79.9. The lowest BCUT2D eigenvalue weighted by molar-refractivity contribution is 0.602. The van der Waals surface area contributed by atoms with Crippen LogP contribution >= 0.6 is 15.9 Å². The van der Waals surface area contributed by atoms with Gasteiger partial charge < -0.3 is 0 Å². The Morgan fingerprint density at radius 2 is 1.63 bits per heavy atom. The molecule has 0 saturated carbocycles. The molecule has 0 aliphatic carbocycles. The van der Waals surface area contributed by atoms with Crippen molar-refractivity contribution >= 4 is 36.7 Å². The number of hydrogen-bond acceptors (Lipinski definition) is 4. The molecule has 0 spiro atoms. The first-order valence-corrected chi connectivity index (χ1v) is 13.2. The zero-order valence-corrected chi connectivity index (χ0v) is 19.3. The Labute approximate surface area is 187 Å². The van der Waals surface area contributed by atoms with Crippen molar-refractivity contribution in [2.75, 3.05) is 6.26 Å². The molecule has 0 amide bonds. The zero-order chi connectivity index (χ0) is 21.1. The molecule has 0 radical (unpaired) electrons. The van der Waals surface area contributed by atoms with E-state index in [4.69, 9.17) is 0 Å². The molecule has 2 aromatic carbocycles. The minimum Gasteiger partial charge on any atom is -0.297 e. The second kappa shape index (κ2) is 8.75. The van der Waals surface area contributed by atoms with E-state index >= 15 is 0 Å². The van der Waals surface area contributed by atoms with E-state index in [9.17, 15) is 8.42 Å². The summed E-state index contributed by atoms with van der Waals surface area (Å²) in [6.07, 6.45) is 6.58. The Hall–Kier alpha value is -2.42. The number of halogens is 1. The van der Waals surface area contributed by atoms with Gasteiger partial charge in [-0.1, -0.05) is 28.1 Å². The van der Waals surface area contributed by atoms with E-state index in [0.29, 0.717) is 4.90 Å². The third kappa shape index (κ3) is 4.83. The van der Waals surface area contributed by atoms with Crippen molar-refractivity contribution in [2.24, 2.45) is 0 Å². The van der Waals surface area contributed by atoms with Crippen LogP contribution < -0.4 is 0 Å². The minimum absolute atomic E-state index is 0.327. The summed E-state index contributed by atoms with van der Waals surface area (Å²) < 4.78 is 24.5. The first-order valence-electron chi connectivity index (χ1n) is 9.11. The Kier molecular flexibility index (Phi) is 6.08. The first kappa shape index (κ1) is 20.8. The van der Waals surface area contributed by atoms with E-state index in [0.717, 1.165) is 37.1 Å². The highest BCUT2D eigenvalue weighted by Crippen LogP contribution is 2.28. The molecular formula is C22H19BrN3O2S2+. The normalized spacial score (nSPS) is 12.6. The summed E-state index contributed by atoms with van der Waals surface area (Å²) in [6.45, 7) is 0. The molecule has 0 aliphatic heterocycles. The van der Waals surface area contributed by atoms with E-state index in [1.807, 2.05) is 42.6 Å². The molecule has 5 nitrogen and oxygen atoms in total. The van der Waals surface area contributed by atoms with Gasteiger partial charge in [0.15, 0.2) is 14.7 Å². The van der Waals surface area contributed by atoms with Gasteiger partial charge in [-0.25, -0.2) is 8.42 Å². The second-order valence-corrected chi connectivity index (χ2v) is 11.6. The predicted octanol–water partition coefficient (Wildman–Crippen LogP) is 4.87. The molecule has 30 heavy (non-hydrogen) atoms. The largest absolute Gasteiger partial charge is 0.329 e. The van der Waals surface area contributed by atoms with Crippen LogP contribution in [0.2, 0.25) is 0 Å². The van der Waals surface area contributed by atoms with Gasteiger partial charge in [0, 0.05) is 34.2 Å². The number of nitrogens with zero attached hydrogens (tertiary/aromatic N) is 2. The minimum atomic E-state index is -3.21. The van der Waals surface area contributed by atoms with Crippen LogP contribution in [0.1, 0.15) is 5.56 Å². The summed E-state index contributed by atoms with van der Waals surface area (Å²) in [4.78, 5) is 13.7. The molecule has 2 heterocycles. The van der Waals surface area contributed by atoms with Gasteiger partial charge in [0.25, 0.3) is 0 Å². The molecule has 0 bridgehead atoms. The summed E-state index contributed by atoms with van der Waals surface area (Å²) in [6, 6.07) is 19.2.